The third-order valence-corrected chi connectivity index (χ3v) is 3.66. The molecule has 8 nitrogen and oxygen atoms in total. The standard InChI is InChI=1S/C16H18N6O2/c1-11(2)14(8-22-10-18-9-19-22)20-16(23)13-6-15(24-21-13)12-4-3-5-17-7-12/h3-7,9-11,14H,8H2,1-2H3,(H,20,23)/t14-/m1/s1. The molecular formula is C16H18N6O2. The molecule has 3 heterocycles. The first-order chi connectivity index (χ1) is 11.6. The molecule has 1 amide bonds. The lowest BCUT2D eigenvalue weighted by molar-refractivity contribution is 0.0910. The molecule has 124 valence electrons. The SMILES string of the molecule is CC(C)[C@@H](Cn1cncn1)NC(=O)c1cc(-c2cccnc2)on1. The number of pyridine rings is 1. The number of nitrogens with zero attached hydrogens (tertiary/aromatic N) is 5. The highest BCUT2D eigenvalue weighted by Gasteiger charge is 2.21. The van der Waals surface area contributed by atoms with E-state index in [9.17, 15) is 4.79 Å². The fourth-order valence-corrected chi connectivity index (χ4v) is 2.22. The van der Waals surface area contributed by atoms with Gasteiger partial charge in [0.2, 0.25) is 0 Å². The van der Waals surface area contributed by atoms with Gasteiger partial charge in [0, 0.05) is 24.0 Å². The summed E-state index contributed by atoms with van der Waals surface area (Å²) in [7, 11) is 0. The van der Waals surface area contributed by atoms with E-state index in [1.54, 1.807) is 35.5 Å². The van der Waals surface area contributed by atoms with Crippen LogP contribution in [0.5, 0.6) is 0 Å². The monoisotopic (exact) mass is 326 g/mol. The highest BCUT2D eigenvalue weighted by Crippen LogP contribution is 2.19. The molecule has 8 heteroatoms. The van der Waals surface area contributed by atoms with Crippen LogP contribution in [-0.2, 0) is 6.54 Å². The fraction of sp³-hybridized carbons (Fsp3) is 0.312. The average molecular weight is 326 g/mol. The number of carbonyl (C=O) groups excluding carboxylic acids is 1. The molecule has 3 rings (SSSR count). The maximum Gasteiger partial charge on any atom is 0.273 e. The highest BCUT2D eigenvalue weighted by atomic mass is 16.5. The lowest BCUT2D eigenvalue weighted by Crippen LogP contribution is -2.41. The van der Waals surface area contributed by atoms with Gasteiger partial charge >= 0.3 is 0 Å². The van der Waals surface area contributed by atoms with Gasteiger partial charge in [-0.15, -0.1) is 0 Å². The molecule has 3 aromatic rings. The smallest absolute Gasteiger partial charge is 0.273 e. The molecule has 0 aromatic carbocycles. The van der Waals surface area contributed by atoms with Crippen molar-refractivity contribution in [2.45, 2.75) is 26.4 Å². The van der Waals surface area contributed by atoms with Crippen LogP contribution in [0.4, 0.5) is 0 Å². The van der Waals surface area contributed by atoms with Crippen molar-refractivity contribution >= 4 is 5.91 Å². The van der Waals surface area contributed by atoms with Crippen LogP contribution in [0, 0.1) is 5.92 Å². The van der Waals surface area contributed by atoms with Crippen molar-refractivity contribution in [3.05, 3.63) is 48.9 Å². The maximum absolute atomic E-state index is 12.4. The van der Waals surface area contributed by atoms with Crippen LogP contribution >= 0.6 is 0 Å². The van der Waals surface area contributed by atoms with E-state index in [0.29, 0.717) is 12.3 Å². The normalized spacial score (nSPS) is 12.3. The predicted octanol–water partition coefficient (Wildman–Crippen LogP) is 1.78. The second-order valence-corrected chi connectivity index (χ2v) is 5.76. The Balaban J connectivity index is 1.70. The van der Waals surface area contributed by atoms with Gasteiger partial charge in [0.15, 0.2) is 11.5 Å². The molecule has 0 aliphatic heterocycles. The second kappa shape index (κ2) is 7.03. The van der Waals surface area contributed by atoms with Crippen molar-refractivity contribution in [2.24, 2.45) is 5.92 Å². The first kappa shape index (κ1) is 15.9. The van der Waals surface area contributed by atoms with Gasteiger partial charge in [-0.05, 0) is 18.1 Å². The Morgan fingerprint density at radius 1 is 1.38 bits per heavy atom. The summed E-state index contributed by atoms with van der Waals surface area (Å²) in [5.41, 5.74) is 1.00. The van der Waals surface area contributed by atoms with Crippen LogP contribution in [0.3, 0.4) is 0 Å². The summed E-state index contributed by atoms with van der Waals surface area (Å²) in [6.45, 7) is 4.61. The van der Waals surface area contributed by atoms with E-state index in [0.717, 1.165) is 5.56 Å². The Kier molecular flexibility index (Phi) is 4.64. The summed E-state index contributed by atoms with van der Waals surface area (Å²) >= 11 is 0. The van der Waals surface area contributed by atoms with Crippen LogP contribution in [0.2, 0.25) is 0 Å². The first-order valence-corrected chi connectivity index (χ1v) is 7.64. The molecule has 0 saturated carbocycles. The quantitative estimate of drug-likeness (QED) is 0.741. The number of nitrogens with one attached hydrogen (secondary N) is 1. The molecule has 0 unspecified atom stereocenters. The molecule has 0 aliphatic carbocycles. The minimum atomic E-state index is -0.285. The van der Waals surface area contributed by atoms with Crippen molar-refractivity contribution in [3.8, 4) is 11.3 Å². The van der Waals surface area contributed by atoms with Gasteiger partial charge in [0.1, 0.15) is 12.7 Å². The van der Waals surface area contributed by atoms with Crippen molar-refractivity contribution in [3.63, 3.8) is 0 Å². The summed E-state index contributed by atoms with van der Waals surface area (Å²) in [4.78, 5) is 20.4. The van der Waals surface area contributed by atoms with E-state index in [1.165, 1.54) is 6.33 Å². The first-order valence-electron chi connectivity index (χ1n) is 7.64. The topological polar surface area (TPSA) is 98.7 Å². The van der Waals surface area contributed by atoms with Crippen molar-refractivity contribution in [1.29, 1.82) is 0 Å². The van der Waals surface area contributed by atoms with E-state index in [-0.39, 0.29) is 23.6 Å². The fourth-order valence-electron chi connectivity index (χ4n) is 2.22. The number of aromatic nitrogens is 5. The van der Waals surface area contributed by atoms with E-state index in [4.69, 9.17) is 4.52 Å². The lowest BCUT2D eigenvalue weighted by atomic mass is 10.0. The van der Waals surface area contributed by atoms with Gasteiger partial charge in [-0.3, -0.25) is 14.5 Å². The summed E-state index contributed by atoms with van der Waals surface area (Å²) < 4.78 is 6.93. The van der Waals surface area contributed by atoms with Gasteiger partial charge in [-0.25, -0.2) is 4.98 Å². The molecule has 3 aromatic heterocycles. The Labute approximate surface area is 138 Å². The zero-order valence-electron chi connectivity index (χ0n) is 13.5. The lowest BCUT2D eigenvalue weighted by Gasteiger charge is -2.21. The Morgan fingerprint density at radius 3 is 2.92 bits per heavy atom. The Morgan fingerprint density at radius 2 is 2.25 bits per heavy atom. The zero-order valence-corrected chi connectivity index (χ0v) is 13.5. The van der Waals surface area contributed by atoms with Crippen molar-refractivity contribution in [1.82, 2.24) is 30.2 Å². The largest absolute Gasteiger partial charge is 0.355 e. The molecule has 0 saturated heterocycles. The second-order valence-electron chi connectivity index (χ2n) is 5.76. The Hall–Kier alpha value is -3.03. The van der Waals surface area contributed by atoms with Crippen LogP contribution in [0.15, 0.2) is 47.8 Å². The third kappa shape index (κ3) is 3.65. The number of hydrogen-bond donors (Lipinski definition) is 1. The summed E-state index contributed by atoms with van der Waals surface area (Å²) in [5, 5.41) is 10.9. The van der Waals surface area contributed by atoms with Gasteiger partial charge in [0.25, 0.3) is 5.91 Å². The van der Waals surface area contributed by atoms with E-state index in [2.05, 4.69) is 25.5 Å². The highest BCUT2D eigenvalue weighted by molar-refractivity contribution is 5.93. The summed E-state index contributed by atoms with van der Waals surface area (Å²) in [6.07, 6.45) is 6.42. The number of amides is 1. The van der Waals surface area contributed by atoms with Gasteiger partial charge < -0.3 is 9.84 Å². The van der Waals surface area contributed by atoms with E-state index < -0.39 is 0 Å². The molecule has 1 N–H and O–H groups in total. The Bertz CT molecular complexity index is 782. The molecular weight excluding hydrogens is 308 g/mol. The van der Waals surface area contributed by atoms with Crippen molar-refractivity contribution < 1.29 is 9.32 Å². The van der Waals surface area contributed by atoms with Gasteiger partial charge in [-0.1, -0.05) is 19.0 Å². The van der Waals surface area contributed by atoms with Crippen LogP contribution < -0.4 is 5.32 Å². The van der Waals surface area contributed by atoms with Gasteiger partial charge in [-0.2, -0.15) is 5.10 Å². The molecule has 0 fully saturated rings. The summed E-state index contributed by atoms with van der Waals surface area (Å²) in [6, 6.07) is 5.15. The minimum absolute atomic E-state index is 0.0993. The number of rotatable bonds is 6. The van der Waals surface area contributed by atoms with E-state index >= 15 is 0 Å². The average Bonchev–Trinajstić information content (AvgIpc) is 3.26. The third-order valence-electron chi connectivity index (χ3n) is 3.66. The van der Waals surface area contributed by atoms with Crippen molar-refractivity contribution in [2.75, 3.05) is 0 Å². The molecule has 0 spiro atoms. The minimum Gasteiger partial charge on any atom is -0.355 e. The summed E-state index contributed by atoms with van der Waals surface area (Å²) in [5.74, 6) is 0.446. The maximum atomic E-state index is 12.4. The van der Waals surface area contributed by atoms with E-state index in [1.807, 2.05) is 19.9 Å². The molecule has 0 radical (unpaired) electrons. The zero-order chi connectivity index (χ0) is 16.9. The van der Waals surface area contributed by atoms with Crippen LogP contribution in [-0.4, -0.2) is 36.9 Å². The molecule has 1 atom stereocenters. The van der Waals surface area contributed by atoms with Crippen LogP contribution in [0.25, 0.3) is 11.3 Å². The molecule has 0 aliphatic rings. The number of hydrogen-bond acceptors (Lipinski definition) is 6. The van der Waals surface area contributed by atoms with Crippen LogP contribution in [0.1, 0.15) is 24.3 Å². The molecule has 24 heavy (non-hydrogen) atoms. The number of carbonyl (C=O) groups is 1. The predicted molar refractivity (Wildman–Crippen MR) is 85.8 cm³/mol. The molecule has 0 bridgehead atoms. The van der Waals surface area contributed by atoms with Gasteiger partial charge in [0.05, 0.1) is 12.6 Å².